The average molecular weight is 291 g/mol. The predicted octanol–water partition coefficient (Wildman–Crippen LogP) is 3.30. The van der Waals surface area contributed by atoms with E-state index >= 15 is 0 Å². The Bertz CT molecular complexity index is 669. The van der Waals surface area contributed by atoms with Crippen LogP contribution in [0.2, 0.25) is 5.02 Å². The number of benzene rings is 1. The summed E-state index contributed by atoms with van der Waals surface area (Å²) in [7, 11) is 0. The second kappa shape index (κ2) is 6.03. The topological polar surface area (TPSA) is 65.7 Å². The van der Waals surface area contributed by atoms with E-state index < -0.39 is 0 Å². The molecule has 0 fully saturated rings. The summed E-state index contributed by atoms with van der Waals surface area (Å²) >= 11 is 6.04. The van der Waals surface area contributed by atoms with Crippen LogP contribution in [-0.4, -0.2) is 21.4 Å². The van der Waals surface area contributed by atoms with Gasteiger partial charge in [0.1, 0.15) is 5.75 Å². The third-order valence-electron chi connectivity index (χ3n) is 3.03. The zero-order valence-electron chi connectivity index (χ0n) is 11.3. The zero-order chi connectivity index (χ0) is 14.7. The number of hydrogen-bond acceptors (Lipinski definition) is 4. The van der Waals surface area contributed by atoms with E-state index in [0.29, 0.717) is 27.5 Å². The van der Waals surface area contributed by atoms with Crippen LogP contribution in [0.15, 0.2) is 29.4 Å². The fraction of sp³-hybridized carbons (Fsp3) is 0.200. The monoisotopic (exact) mass is 290 g/mol. The largest absolute Gasteiger partial charge is 0.505 e. The van der Waals surface area contributed by atoms with Crippen LogP contribution in [0.5, 0.6) is 5.75 Å². The first-order chi connectivity index (χ1) is 9.52. The molecule has 1 heterocycles. The van der Waals surface area contributed by atoms with Crippen LogP contribution in [0.1, 0.15) is 22.4 Å². The summed E-state index contributed by atoms with van der Waals surface area (Å²) in [5.41, 5.74) is 3.14. The van der Waals surface area contributed by atoms with Crippen molar-refractivity contribution in [3.8, 4) is 5.75 Å². The molecule has 4 nitrogen and oxygen atoms in total. The van der Waals surface area contributed by atoms with Gasteiger partial charge in [0.05, 0.1) is 18.0 Å². The number of nitrogens with zero attached hydrogens (tertiary/aromatic N) is 2. The minimum Gasteiger partial charge on any atom is -0.505 e. The Morgan fingerprint density at radius 3 is 2.75 bits per heavy atom. The van der Waals surface area contributed by atoms with E-state index in [4.69, 9.17) is 11.6 Å². The van der Waals surface area contributed by atoms with Gasteiger partial charge in [-0.3, -0.25) is 9.98 Å². The summed E-state index contributed by atoms with van der Waals surface area (Å²) in [5, 5.41) is 19.9. The van der Waals surface area contributed by atoms with Gasteiger partial charge in [-0.1, -0.05) is 17.7 Å². The Morgan fingerprint density at radius 2 is 2.10 bits per heavy atom. The number of rotatable bonds is 3. The summed E-state index contributed by atoms with van der Waals surface area (Å²) in [6.45, 7) is 3.39. The number of aliphatic imine (C=N–C) groups is 1. The highest BCUT2D eigenvalue weighted by Gasteiger charge is 2.09. The number of aromatic nitrogens is 1. The molecule has 1 aromatic heterocycles. The van der Waals surface area contributed by atoms with Gasteiger partial charge in [0, 0.05) is 28.6 Å². The average Bonchev–Trinajstić information content (AvgIpc) is 2.44. The molecule has 5 heteroatoms. The normalized spacial score (nSPS) is 11.2. The molecule has 0 aliphatic rings. The van der Waals surface area contributed by atoms with Crippen molar-refractivity contribution in [1.29, 1.82) is 0 Å². The van der Waals surface area contributed by atoms with Gasteiger partial charge in [0.25, 0.3) is 0 Å². The predicted molar refractivity (Wildman–Crippen MR) is 80.0 cm³/mol. The molecule has 2 aromatic rings. The van der Waals surface area contributed by atoms with Crippen LogP contribution in [-0.2, 0) is 6.61 Å². The smallest absolute Gasteiger partial charge is 0.145 e. The Labute approximate surface area is 122 Å². The maximum absolute atomic E-state index is 10.00. The summed E-state index contributed by atoms with van der Waals surface area (Å²) in [4.78, 5) is 8.28. The van der Waals surface area contributed by atoms with Gasteiger partial charge >= 0.3 is 0 Å². The lowest BCUT2D eigenvalue weighted by Crippen LogP contribution is -1.97. The first kappa shape index (κ1) is 14.5. The molecule has 0 saturated heterocycles. The van der Waals surface area contributed by atoms with Crippen molar-refractivity contribution in [2.24, 2.45) is 4.99 Å². The van der Waals surface area contributed by atoms with Gasteiger partial charge in [-0.2, -0.15) is 0 Å². The molecular formula is C15H15ClN2O2. The third kappa shape index (κ3) is 2.98. The molecule has 1 aromatic carbocycles. The number of aryl methyl sites for hydroxylation is 2. The highest BCUT2D eigenvalue weighted by molar-refractivity contribution is 6.31. The second-order valence-electron chi connectivity index (χ2n) is 4.48. The van der Waals surface area contributed by atoms with E-state index in [-0.39, 0.29) is 12.4 Å². The molecule has 0 spiro atoms. The molecule has 0 saturated carbocycles. The first-order valence-electron chi connectivity index (χ1n) is 6.11. The molecule has 0 aliphatic heterocycles. The Balaban J connectivity index is 2.40. The highest BCUT2D eigenvalue weighted by Crippen LogP contribution is 2.25. The van der Waals surface area contributed by atoms with Crippen LogP contribution in [0, 0.1) is 13.8 Å². The number of aromatic hydroxyl groups is 1. The van der Waals surface area contributed by atoms with Crippen LogP contribution >= 0.6 is 11.6 Å². The Hall–Kier alpha value is -1.91. The van der Waals surface area contributed by atoms with E-state index in [0.717, 1.165) is 5.56 Å². The minimum absolute atomic E-state index is 0.0264. The second-order valence-corrected chi connectivity index (χ2v) is 4.89. The van der Waals surface area contributed by atoms with Gasteiger partial charge in [0.2, 0.25) is 0 Å². The van der Waals surface area contributed by atoms with Gasteiger partial charge in [-0.05, 0) is 31.5 Å². The van der Waals surface area contributed by atoms with Crippen molar-refractivity contribution < 1.29 is 10.2 Å². The lowest BCUT2D eigenvalue weighted by Gasteiger charge is -2.07. The molecule has 104 valence electrons. The fourth-order valence-corrected chi connectivity index (χ4v) is 1.90. The van der Waals surface area contributed by atoms with Crippen molar-refractivity contribution in [2.45, 2.75) is 20.5 Å². The molecule has 0 radical (unpaired) electrons. The van der Waals surface area contributed by atoms with Crippen molar-refractivity contribution in [3.05, 3.63) is 51.8 Å². The Morgan fingerprint density at radius 1 is 1.35 bits per heavy atom. The molecule has 2 N–H and O–H groups in total. The van der Waals surface area contributed by atoms with Gasteiger partial charge in [0.15, 0.2) is 0 Å². The summed E-state index contributed by atoms with van der Waals surface area (Å²) in [6.07, 6.45) is 3.04. The molecule has 0 atom stereocenters. The number of aliphatic hydroxyl groups is 1. The maximum Gasteiger partial charge on any atom is 0.145 e. The molecule has 0 amide bonds. The van der Waals surface area contributed by atoms with Crippen LogP contribution in [0.25, 0.3) is 0 Å². The number of hydrogen-bond donors (Lipinski definition) is 2. The van der Waals surface area contributed by atoms with Crippen LogP contribution < -0.4 is 0 Å². The van der Waals surface area contributed by atoms with Gasteiger partial charge in [-0.15, -0.1) is 0 Å². The first-order valence-corrected chi connectivity index (χ1v) is 6.49. The quantitative estimate of drug-likeness (QED) is 0.852. The number of pyridine rings is 1. The number of aliphatic hydroxyl groups excluding tert-OH is 1. The fourth-order valence-electron chi connectivity index (χ4n) is 1.72. The summed E-state index contributed by atoms with van der Waals surface area (Å²) in [5.74, 6) is 0.0264. The SMILES string of the molecule is Cc1ccc(N=Cc2c(CO)cnc(C)c2O)cc1Cl. The highest BCUT2D eigenvalue weighted by atomic mass is 35.5. The van der Waals surface area contributed by atoms with E-state index in [1.807, 2.05) is 19.1 Å². The standard InChI is InChI=1S/C15H15ClN2O2/c1-9-3-4-12(5-14(9)16)18-7-13-11(8-19)6-17-10(2)15(13)20/h3-7,19-20H,8H2,1-2H3. The van der Waals surface area contributed by atoms with Crippen LogP contribution in [0.3, 0.4) is 0 Å². The Kier molecular flexibility index (Phi) is 4.37. The van der Waals surface area contributed by atoms with Crippen LogP contribution in [0.4, 0.5) is 5.69 Å². The molecule has 0 unspecified atom stereocenters. The van der Waals surface area contributed by atoms with E-state index in [9.17, 15) is 10.2 Å². The van der Waals surface area contributed by atoms with Crippen molar-refractivity contribution in [1.82, 2.24) is 4.98 Å². The van der Waals surface area contributed by atoms with E-state index in [2.05, 4.69) is 9.98 Å². The molecule has 0 bridgehead atoms. The maximum atomic E-state index is 10.00. The van der Waals surface area contributed by atoms with Crippen molar-refractivity contribution in [3.63, 3.8) is 0 Å². The lowest BCUT2D eigenvalue weighted by atomic mass is 10.1. The molecule has 2 rings (SSSR count). The molecular weight excluding hydrogens is 276 g/mol. The van der Waals surface area contributed by atoms with Gasteiger partial charge < -0.3 is 10.2 Å². The van der Waals surface area contributed by atoms with Gasteiger partial charge in [-0.25, -0.2) is 0 Å². The van der Waals surface area contributed by atoms with Crippen molar-refractivity contribution in [2.75, 3.05) is 0 Å². The summed E-state index contributed by atoms with van der Waals surface area (Å²) < 4.78 is 0. The van der Waals surface area contributed by atoms with E-state index in [1.165, 1.54) is 12.4 Å². The summed E-state index contributed by atoms with van der Waals surface area (Å²) in [6, 6.07) is 5.46. The minimum atomic E-state index is -0.211. The molecule has 0 aliphatic carbocycles. The molecule has 20 heavy (non-hydrogen) atoms. The third-order valence-corrected chi connectivity index (χ3v) is 3.43. The lowest BCUT2D eigenvalue weighted by molar-refractivity contribution is 0.280. The van der Waals surface area contributed by atoms with Crippen molar-refractivity contribution >= 4 is 23.5 Å². The van der Waals surface area contributed by atoms with E-state index in [1.54, 1.807) is 13.0 Å². The zero-order valence-corrected chi connectivity index (χ0v) is 12.0. The number of halogens is 1.